The topological polar surface area (TPSA) is 92.4 Å². The highest BCUT2D eigenvalue weighted by Crippen LogP contribution is 2.10. The van der Waals surface area contributed by atoms with Crippen LogP contribution in [0.15, 0.2) is 10.7 Å². The molecule has 0 saturated heterocycles. The molecule has 6 nitrogen and oxygen atoms in total. The van der Waals surface area contributed by atoms with E-state index < -0.39 is 5.97 Å². The fraction of sp³-hybridized carbons (Fsp3) is 0.583. The molecule has 1 unspecified atom stereocenters. The predicted octanol–water partition coefficient (Wildman–Crippen LogP) is 1.60. The van der Waals surface area contributed by atoms with E-state index >= 15 is 0 Å². The van der Waals surface area contributed by atoms with Gasteiger partial charge in [0.2, 0.25) is 5.76 Å². The third-order valence-electron chi connectivity index (χ3n) is 2.73. The van der Waals surface area contributed by atoms with Gasteiger partial charge in [-0.2, -0.15) is 0 Å². The van der Waals surface area contributed by atoms with Gasteiger partial charge in [0.15, 0.2) is 0 Å². The standard InChI is InChI=1S/C12H18N2O4/c1-8(3-4-10(15)16)5-6-13-12(17)11-9(2)7-14-18-11/h7-8H,3-6H2,1-2H3,(H,13,17)(H,15,16). The van der Waals surface area contributed by atoms with Gasteiger partial charge in [0.1, 0.15) is 0 Å². The van der Waals surface area contributed by atoms with Gasteiger partial charge in [0, 0.05) is 18.5 Å². The van der Waals surface area contributed by atoms with Crippen molar-refractivity contribution in [3.05, 3.63) is 17.5 Å². The number of nitrogens with one attached hydrogen (secondary N) is 1. The van der Waals surface area contributed by atoms with Gasteiger partial charge in [-0.05, 0) is 25.7 Å². The van der Waals surface area contributed by atoms with E-state index in [1.54, 1.807) is 6.92 Å². The molecule has 0 aromatic carbocycles. The minimum atomic E-state index is -0.789. The van der Waals surface area contributed by atoms with Crippen LogP contribution in [0.1, 0.15) is 42.3 Å². The van der Waals surface area contributed by atoms with E-state index in [-0.39, 0.29) is 24.0 Å². The summed E-state index contributed by atoms with van der Waals surface area (Å²) in [5, 5.41) is 14.8. The van der Waals surface area contributed by atoms with E-state index in [1.165, 1.54) is 6.20 Å². The number of amides is 1. The van der Waals surface area contributed by atoms with Crippen molar-refractivity contribution >= 4 is 11.9 Å². The van der Waals surface area contributed by atoms with Crippen LogP contribution in [0, 0.1) is 12.8 Å². The van der Waals surface area contributed by atoms with Gasteiger partial charge in [-0.1, -0.05) is 12.1 Å². The Bertz CT molecular complexity index is 414. The Morgan fingerprint density at radius 1 is 1.50 bits per heavy atom. The lowest BCUT2D eigenvalue weighted by Crippen LogP contribution is -2.25. The zero-order valence-corrected chi connectivity index (χ0v) is 10.6. The number of aryl methyl sites for hydroxylation is 1. The van der Waals surface area contributed by atoms with Crippen molar-refractivity contribution in [3.63, 3.8) is 0 Å². The molecule has 1 heterocycles. The van der Waals surface area contributed by atoms with Crippen molar-refractivity contribution in [2.75, 3.05) is 6.54 Å². The number of aliphatic carboxylic acids is 1. The molecule has 0 fully saturated rings. The number of carboxylic acids is 1. The van der Waals surface area contributed by atoms with Crippen LogP contribution in [-0.4, -0.2) is 28.7 Å². The van der Waals surface area contributed by atoms with Crippen LogP contribution in [-0.2, 0) is 4.79 Å². The van der Waals surface area contributed by atoms with Gasteiger partial charge in [0.05, 0.1) is 6.20 Å². The van der Waals surface area contributed by atoms with Crippen LogP contribution in [0.4, 0.5) is 0 Å². The molecule has 0 aliphatic carbocycles. The van der Waals surface area contributed by atoms with Crippen molar-refractivity contribution in [2.45, 2.75) is 33.1 Å². The van der Waals surface area contributed by atoms with Gasteiger partial charge in [-0.25, -0.2) is 0 Å². The summed E-state index contributed by atoms with van der Waals surface area (Å²) >= 11 is 0. The second-order valence-electron chi connectivity index (χ2n) is 4.42. The van der Waals surface area contributed by atoms with Gasteiger partial charge >= 0.3 is 5.97 Å². The molecule has 6 heteroatoms. The summed E-state index contributed by atoms with van der Waals surface area (Å²) in [6.45, 7) is 4.22. The molecule has 0 radical (unpaired) electrons. The number of rotatable bonds is 7. The maximum atomic E-state index is 11.6. The summed E-state index contributed by atoms with van der Waals surface area (Å²) in [5.74, 6) is -0.580. The highest BCUT2D eigenvalue weighted by atomic mass is 16.5. The summed E-state index contributed by atoms with van der Waals surface area (Å²) < 4.78 is 4.82. The first-order valence-electron chi connectivity index (χ1n) is 5.92. The number of carbonyl (C=O) groups excluding carboxylic acids is 1. The highest BCUT2D eigenvalue weighted by Gasteiger charge is 2.13. The molecular weight excluding hydrogens is 236 g/mol. The molecule has 1 rings (SSSR count). The second kappa shape index (κ2) is 6.78. The zero-order chi connectivity index (χ0) is 13.5. The number of carbonyl (C=O) groups is 2. The Kier molecular flexibility index (Phi) is 5.35. The molecule has 1 aromatic heterocycles. The average Bonchev–Trinajstić information content (AvgIpc) is 2.72. The smallest absolute Gasteiger partial charge is 0.303 e. The van der Waals surface area contributed by atoms with E-state index in [1.807, 2.05) is 6.92 Å². The van der Waals surface area contributed by atoms with Crippen molar-refractivity contribution in [2.24, 2.45) is 5.92 Å². The molecule has 18 heavy (non-hydrogen) atoms. The molecule has 0 aliphatic rings. The van der Waals surface area contributed by atoms with E-state index in [0.717, 1.165) is 6.42 Å². The van der Waals surface area contributed by atoms with Crippen molar-refractivity contribution < 1.29 is 19.2 Å². The molecule has 1 atom stereocenters. The Hall–Kier alpha value is -1.85. The number of hydrogen-bond donors (Lipinski definition) is 2. The first-order valence-corrected chi connectivity index (χ1v) is 5.92. The summed E-state index contributed by atoms with van der Waals surface area (Å²) in [4.78, 5) is 22.0. The van der Waals surface area contributed by atoms with Crippen LogP contribution in [0.25, 0.3) is 0 Å². The minimum Gasteiger partial charge on any atom is -0.481 e. The van der Waals surface area contributed by atoms with Crippen LogP contribution in [0.3, 0.4) is 0 Å². The molecule has 0 saturated carbocycles. The van der Waals surface area contributed by atoms with Crippen LogP contribution in [0.5, 0.6) is 0 Å². The molecule has 2 N–H and O–H groups in total. The van der Waals surface area contributed by atoms with Crippen LogP contribution < -0.4 is 5.32 Å². The van der Waals surface area contributed by atoms with E-state index in [0.29, 0.717) is 18.5 Å². The first kappa shape index (κ1) is 14.2. The summed E-state index contributed by atoms with van der Waals surface area (Å²) in [6, 6.07) is 0. The minimum absolute atomic E-state index is 0.163. The van der Waals surface area contributed by atoms with E-state index in [9.17, 15) is 9.59 Å². The highest BCUT2D eigenvalue weighted by molar-refractivity contribution is 5.92. The summed E-state index contributed by atoms with van der Waals surface area (Å²) in [7, 11) is 0. The largest absolute Gasteiger partial charge is 0.481 e. The third-order valence-corrected chi connectivity index (χ3v) is 2.73. The van der Waals surface area contributed by atoms with Crippen molar-refractivity contribution in [1.82, 2.24) is 10.5 Å². The summed E-state index contributed by atoms with van der Waals surface area (Å²) in [5.41, 5.74) is 0.700. The summed E-state index contributed by atoms with van der Waals surface area (Å²) in [6.07, 6.45) is 3.01. The molecule has 100 valence electrons. The van der Waals surface area contributed by atoms with E-state index in [2.05, 4.69) is 10.5 Å². The van der Waals surface area contributed by atoms with Crippen LogP contribution >= 0.6 is 0 Å². The lowest BCUT2D eigenvalue weighted by Gasteiger charge is -2.10. The number of carboxylic acid groups (broad SMARTS) is 1. The lowest BCUT2D eigenvalue weighted by atomic mass is 10.0. The lowest BCUT2D eigenvalue weighted by molar-refractivity contribution is -0.137. The predicted molar refractivity (Wildman–Crippen MR) is 64.2 cm³/mol. The third kappa shape index (κ3) is 4.57. The molecule has 1 aromatic rings. The van der Waals surface area contributed by atoms with Crippen molar-refractivity contribution in [3.8, 4) is 0 Å². The first-order chi connectivity index (χ1) is 8.50. The molecular formula is C12H18N2O4. The molecule has 0 aliphatic heterocycles. The van der Waals surface area contributed by atoms with Crippen molar-refractivity contribution in [1.29, 1.82) is 0 Å². The Morgan fingerprint density at radius 3 is 2.78 bits per heavy atom. The zero-order valence-electron chi connectivity index (χ0n) is 10.6. The number of nitrogens with zero attached hydrogens (tertiary/aromatic N) is 1. The van der Waals surface area contributed by atoms with Gasteiger partial charge in [0.25, 0.3) is 5.91 Å². The maximum Gasteiger partial charge on any atom is 0.303 e. The van der Waals surface area contributed by atoms with Gasteiger partial charge in [-0.3, -0.25) is 9.59 Å². The molecule has 0 spiro atoms. The Balaban J connectivity index is 2.24. The quantitative estimate of drug-likeness (QED) is 0.771. The molecule has 1 amide bonds. The normalized spacial score (nSPS) is 12.1. The number of aromatic nitrogens is 1. The van der Waals surface area contributed by atoms with Gasteiger partial charge in [-0.15, -0.1) is 0 Å². The maximum absolute atomic E-state index is 11.6. The van der Waals surface area contributed by atoms with Gasteiger partial charge < -0.3 is 14.9 Å². The fourth-order valence-corrected chi connectivity index (χ4v) is 1.54. The Morgan fingerprint density at radius 2 is 2.22 bits per heavy atom. The SMILES string of the molecule is Cc1cnoc1C(=O)NCCC(C)CCC(=O)O. The van der Waals surface area contributed by atoms with Crippen LogP contribution in [0.2, 0.25) is 0 Å². The Labute approximate surface area is 105 Å². The second-order valence-corrected chi connectivity index (χ2v) is 4.42. The fourth-order valence-electron chi connectivity index (χ4n) is 1.54. The number of hydrogen-bond acceptors (Lipinski definition) is 4. The average molecular weight is 254 g/mol. The van der Waals surface area contributed by atoms with E-state index in [4.69, 9.17) is 9.63 Å². The molecule has 0 bridgehead atoms. The monoisotopic (exact) mass is 254 g/mol.